The minimum absolute atomic E-state index is 0.191. The van der Waals surface area contributed by atoms with Crippen LogP contribution >= 0.6 is 11.6 Å². The van der Waals surface area contributed by atoms with Gasteiger partial charge in [0.1, 0.15) is 5.02 Å². The van der Waals surface area contributed by atoms with Crippen molar-refractivity contribution in [3.05, 3.63) is 33.7 Å². The van der Waals surface area contributed by atoms with Crippen molar-refractivity contribution in [2.75, 3.05) is 18.5 Å². The van der Waals surface area contributed by atoms with Crippen molar-refractivity contribution in [1.29, 1.82) is 0 Å². The van der Waals surface area contributed by atoms with E-state index in [1.165, 1.54) is 4.68 Å². The van der Waals surface area contributed by atoms with Gasteiger partial charge in [-0.15, -0.1) is 0 Å². The Kier molecular flexibility index (Phi) is 3.52. The van der Waals surface area contributed by atoms with Crippen LogP contribution in [0.4, 0.5) is 5.69 Å². The van der Waals surface area contributed by atoms with Gasteiger partial charge in [-0.3, -0.25) is 4.79 Å². The van der Waals surface area contributed by atoms with Crippen molar-refractivity contribution >= 4 is 17.3 Å². The second-order valence-electron chi connectivity index (χ2n) is 3.59. The summed E-state index contributed by atoms with van der Waals surface area (Å²) in [6, 6.07) is 0. The Morgan fingerprint density at radius 3 is 2.87 bits per heavy atom. The van der Waals surface area contributed by atoms with Crippen molar-refractivity contribution in [2.24, 2.45) is 7.05 Å². The van der Waals surface area contributed by atoms with Gasteiger partial charge in [0.2, 0.25) is 0 Å². The summed E-state index contributed by atoms with van der Waals surface area (Å²) in [6.45, 7) is 6.36. The van der Waals surface area contributed by atoms with E-state index in [2.05, 4.69) is 11.7 Å². The molecule has 0 saturated carbocycles. The number of halogens is 1. The number of aromatic nitrogens is 2. The fraction of sp³-hybridized carbons (Fsp3) is 0.400. The van der Waals surface area contributed by atoms with E-state index in [4.69, 9.17) is 11.6 Å². The standard InChI is InChI=1S/C10H14ClN3O/c1-7(2)6-13(3)8-5-12-14(4)10(15)9(8)11/h5H,1,6H2,2-4H3. The van der Waals surface area contributed by atoms with Crippen molar-refractivity contribution in [1.82, 2.24) is 9.78 Å². The van der Waals surface area contributed by atoms with E-state index in [-0.39, 0.29) is 10.6 Å². The average molecular weight is 228 g/mol. The van der Waals surface area contributed by atoms with Crippen molar-refractivity contribution in [3.63, 3.8) is 0 Å². The molecule has 5 heteroatoms. The number of aryl methyl sites for hydroxylation is 1. The summed E-state index contributed by atoms with van der Waals surface area (Å²) in [7, 11) is 3.41. The maximum atomic E-state index is 11.5. The van der Waals surface area contributed by atoms with Gasteiger partial charge in [0.05, 0.1) is 11.9 Å². The van der Waals surface area contributed by atoms with E-state index in [0.717, 1.165) is 5.57 Å². The topological polar surface area (TPSA) is 38.1 Å². The molecule has 1 rings (SSSR count). The van der Waals surface area contributed by atoms with E-state index < -0.39 is 0 Å². The predicted molar refractivity (Wildman–Crippen MR) is 62.6 cm³/mol. The van der Waals surface area contributed by atoms with Gasteiger partial charge in [-0.2, -0.15) is 5.10 Å². The smallest absolute Gasteiger partial charge is 0.287 e. The maximum absolute atomic E-state index is 11.5. The van der Waals surface area contributed by atoms with Crippen LogP contribution in [0.3, 0.4) is 0 Å². The molecule has 0 atom stereocenters. The lowest BCUT2D eigenvalue weighted by atomic mass is 10.3. The first kappa shape index (κ1) is 11.8. The Balaban J connectivity index is 3.11. The average Bonchev–Trinajstić information content (AvgIpc) is 2.13. The van der Waals surface area contributed by atoms with Crippen LogP contribution in [0, 0.1) is 0 Å². The summed E-state index contributed by atoms with van der Waals surface area (Å²) in [6.07, 6.45) is 1.58. The van der Waals surface area contributed by atoms with Gasteiger partial charge in [-0.1, -0.05) is 23.8 Å². The van der Waals surface area contributed by atoms with Crippen LogP contribution in [-0.2, 0) is 7.05 Å². The molecule has 0 N–H and O–H groups in total. The van der Waals surface area contributed by atoms with E-state index in [9.17, 15) is 4.79 Å². The number of anilines is 1. The molecule has 4 nitrogen and oxygen atoms in total. The Bertz CT molecular complexity index is 439. The Morgan fingerprint density at radius 2 is 2.33 bits per heavy atom. The van der Waals surface area contributed by atoms with E-state index in [1.54, 1.807) is 13.2 Å². The van der Waals surface area contributed by atoms with Gasteiger partial charge in [-0.25, -0.2) is 4.68 Å². The fourth-order valence-electron chi connectivity index (χ4n) is 1.26. The minimum Gasteiger partial charge on any atom is -0.368 e. The third kappa shape index (κ3) is 2.59. The zero-order valence-corrected chi connectivity index (χ0v) is 9.88. The maximum Gasteiger partial charge on any atom is 0.287 e. The molecule has 0 aliphatic heterocycles. The summed E-state index contributed by atoms with van der Waals surface area (Å²) in [5, 5.41) is 4.11. The van der Waals surface area contributed by atoms with Crippen LogP contribution in [0.5, 0.6) is 0 Å². The molecule has 1 aromatic rings. The Labute approximate surface area is 93.8 Å². The molecule has 0 aliphatic carbocycles. The molecule has 0 aromatic carbocycles. The second kappa shape index (κ2) is 4.49. The number of rotatable bonds is 3. The van der Waals surface area contributed by atoms with Crippen LogP contribution in [-0.4, -0.2) is 23.4 Å². The highest BCUT2D eigenvalue weighted by atomic mass is 35.5. The lowest BCUT2D eigenvalue weighted by Gasteiger charge is -2.19. The number of hydrogen-bond acceptors (Lipinski definition) is 3. The number of likely N-dealkylation sites (N-methyl/N-ethyl adjacent to an activating group) is 1. The quantitative estimate of drug-likeness (QED) is 0.734. The minimum atomic E-state index is -0.289. The molecular formula is C10H14ClN3O. The molecule has 15 heavy (non-hydrogen) atoms. The third-order valence-corrected chi connectivity index (χ3v) is 2.33. The molecule has 0 amide bonds. The van der Waals surface area contributed by atoms with Gasteiger partial charge < -0.3 is 4.90 Å². The SMILES string of the molecule is C=C(C)CN(C)c1cnn(C)c(=O)c1Cl. The number of hydrogen-bond donors (Lipinski definition) is 0. The molecular weight excluding hydrogens is 214 g/mol. The van der Waals surface area contributed by atoms with Crippen LogP contribution in [0.25, 0.3) is 0 Å². The highest BCUT2D eigenvalue weighted by Crippen LogP contribution is 2.19. The summed E-state index contributed by atoms with van der Waals surface area (Å²) >= 11 is 5.93. The van der Waals surface area contributed by atoms with Crippen LogP contribution in [0.15, 0.2) is 23.1 Å². The van der Waals surface area contributed by atoms with Crippen LogP contribution in [0.1, 0.15) is 6.92 Å². The zero-order chi connectivity index (χ0) is 11.6. The second-order valence-corrected chi connectivity index (χ2v) is 3.96. The molecule has 1 aromatic heterocycles. The molecule has 0 saturated heterocycles. The Hall–Kier alpha value is -1.29. The highest BCUT2D eigenvalue weighted by Gasteiger charge is 2.10. The van der Waals surface area contributed by atoms with E-state index in [1.807, 2.05) is 18.9 Å². The number of nitrogens with zero attached hydrogens (tertiary/aromatic N) is 3. The highest BCUT2D eigenvalue weighted by molar-refractivity contribution is 6.33. The van der Waals surface area contributed by atoms with Crippen molar-refractivity contribution in [3.8, 4) is 0 Å². The molecule has 0 bridgehead atoms. The lowest BCUT2D eigenvalue weighted by Crippen LogP contribution is -2.26. The van der Waals surface area contributed by atoms with Gasteiger partial charge in [0.15, 0.2) is 0 Å². The first-order valence-corrected chi connectivity index (χ1v) is 4.88. The van der Waals surface area contributed by atoms with Gasteiger partial charge in [-0.05, 0) is 6.92 Å². The molecule has 1 heterocycles. The molecule has 0 aliphatic rings. The van der Waals surface area contributed by atoms with E-state index in [0.29, 0.717) is 12.2 Å². The molecule has 82 valence electrons. The molecule has 0 unspecified atom stereocenters. The Morgan fingerprint density at radius 1 is 1.73 bits per heavy atom. The molecule has 0 fully saturated rings. The summed E-state index contributed by atoms with van der Waals surface area (Å²) in [5.74, 6) is 0. The summed E-state index contributed by atoms with van der Waals surface area (Å²) in [5.41, 5.74) is 1.33. The largest absolute Gasteiger partial charge is 0.368 e. The zero-order valence-electron chi connectivity index (χ0n) is 9.12. The van der Waals surface area contributed by atoms with Gasteiger partial charge in [0.25, 0.3) is 5.56 Å². The first-order valence-electron chi connectivity index (χ1n) is 4.50. The first-order chi connectivity index (χ1) is 6.93. The molecule has 0 spiro atoms. The third-order valence-electron chi connectivity index (χ3n) is 1.98. The molecule has 0 radical (unpaired) electrons. The summed E-state index contributed by atoms with van der Waals surface area (Å²) in [4.78, 5) is 13.3. The van der Waals surface area contributed by atoms with Crippen LogP contribution in [0.2, 0.25) is 5.02 Å². The van der Waals surface area contributed by atoms with Gasteiger partial charge >= 0.3 is 0 Å². The van der Waals surface area contributed by atoms with Crippen LogP contribution < -0.4 is 10.5 Å². The van der Waals surface area contributed by atoms with E-state index >= 15 is 0 Å². The summed E-state index contributed by atoms with van der Waals surface area (Å²) < 4.78 is 1.21. The predicted octanol–water partition coefficient (Wildman–Crippen LogP) is 1.45. The monoisotopic (exact) mass is 227 g/mol. The normalized spacial score (nSPS) is 10.1. The van der Waals surface area contributed by atoms with Crippen molar-refractivity contribution in [2.45, 2.75) is 6.92 Å². The lowest BCUT2D eigenvalue weighted by molar-refractivity contribution is 0.705. The van der Waals surface area contributed by atoms with Crippen molar-refractivity contribution < 1.29 is 0 Å². The van der Waals surface area contributed by atoms with Gasteiger partial charge in [0, 0.05) is 20.6 Å². The fourth-order valence-corrected chi connectivity index (χ4v) is 1.57.